The molecule has 0 bridgehead atoms. The number of para-hydroxylation sites is 2. The van der Waals surface area contributed by atoms with Gasteiger partial charge in [-0.25, -0.2) is 0 Å². The van der Waals surface area contributed by atoms with Gasteiger partial charge in [0.2, 0.25) is 5.91 Å². The Hall–Kier alpha value is -1.75. The monoisotopic (exact) mass is 275 g/mol. The zero-order valence-corrected chi connectivity index (χ0v) is 11.6. The molecule has 0 saturated carbocycles. The molecule has 2 heterocycles. The van der Waals surface area contributed by atoms with Crippen molar-refractivity contribution in [3.8, 4) is 5.75 Å². The lowest BCUT2D eigenvalue weighted by molar-refractivity contribution is -0.135. The number of benzene rings is 1. The molecular weight excluding hydrogens is 254 g/mol. The van der Waals surface area contributed by atoms with Gasteiger partial charge in [0, 0.05) is 32.7 Å². The summed E-state index contributed by atoms with van der Waals surface area (Å²) in [4.78, 5) is 16.4. The van der Waals surface area contributed by atoms with Crippen LogP contribution in [0.2, 0.25) is 0 Å². The number of amides is 1. The number of carbonyl (C=O) groups is 1. The molecule has 1 aromatic rings. The number of carbonyl (C=O) groups excluding carboxylic acids is 1. The molecule has 108 valence electrons. The van der Waals surface area contributed by atoms with Gasteiger partial charge in [-0.2, -0.15) is 0 Å². The highest BCUT2D eigenvalue weighted by Gasteiger charge is 2.29. The van der Waals surface area contributed by atoms with E-state index in [0.717, 1.165) is 51.4 Å². The summed E-state index contributed by atoms with van der Waals surface area (Å²) in [7, 11) is 0. The van der Waals surface area contributed by atoms with E-state index >= 15 is 0 Å². The normalized spacial score (nSPS) is 23.1. The number of phenolic OH excluding ortho intramolecular Hbond substituents is 1. The second-order valence-electron chi connectivity index (χ2n) is 5.49. The van der Waals surface area contributed by atoms with Crippen LogP contribution < -0.4 is 10.2 Å². The SMILES string of the molecule is O=C(C1CCNC1)N1CCN(c2ccccc2O)CC1. The standard InChI is InChI=1S/C15H21N3O2/c19-14-4-2-1-3-13(14)17-7-9-18(10-8-17)15(20)12-5-6-16-11-12/h1-4,12,16,19H,5-11H2. The number of aromatic hydroxyl groups is 1. The Kier molecular flexibility index (Phi) is 3.78. The number of rotatable bonds is 2. The average Bonchev–Trinajstić information content (AvgIpc) is 3.01. The summed E-state index contributed by atoms with van der Waals surface area (Å²) < 4.78 is 0. The average molecular weight is 275 g/mol. The maximum Gasteiger partial charge on any atom is 0.227 e. The van der Waals surface area contributed by atoms with Crippen LogP contribution in [0.15, 0.2) is 24.3 Å². The molecule has 0 radical (unpaired) electrons. The Labute approximate surface area is 119 Å². The second-order valence-corrected chi connectivity index (χ2v) is 5.49. The summed E-state index contributed by atoms with van der Waals surface area (Å²) >= 11 is 0. The molecular formula is C15H21N3O2. The van der Waals surface area contributed by atoms with Crippen molar-refractivity contribution in [2.75, 3.05) is 44.2 Å². The predicted molar refractivity (Wildman–Crippen MR) is 77.9 cm³/mol. The first-order valence-electron chi connectivity index (χ1n) is 7.28. The Balaban J connectivity index is 1.59. The zero-order valence-electron chi connectivity index (χ0n) is 11.6. The second kappa shape index (κ2) is 5.71. The molecule has 0 aliphatic carbocycles. The van der Waals surface area contributed by atoms with E-state index in [0.29, 0.717) is 5.75 Å². The minimum atomic E-state index is 0.159. The first-order valence-corrected chi connectivity index (χ1v) is 7.28. The van der Waals surface area contributed by atoms with Crippen molar-refractivity contribution in [3.63, 3.8) is 0 Å². The van der Waals surface area contributed by atoms with Gasteiger partial charge in [-0.05, 0) is 25.1 Å². The summed E-state index contributed by atoms with van der Waals surface area (Å²) in [6.07, 6.45) is 0.957. The fraction of sp³-hybridized carbons (Fsp3) is 0.533. The van der Waals surface area contributed by atoms with Gasteiger partial charge >= 0.3 is 0 Å². The Morgan fingerprint density at radius 2 is 1.95 bits per heavy atom. The number of hydrogen-bond acceptors (Lipinski definition) is 4. The van der Waals surface area contributed by atoms with Gasteiger partial charge in [-0.1, -0.05) is 12.1 Å². The van der Waals surface area contributed by atoms with Crippen LogP contribution >= 0.6 is 0 Å². The van der Waals surface area contributed by atoms with Crippen molar-refractivity contribution in [3.05, 3.63) is 24.3 Å². The molecule has 2 N–H and O–H groups in total. The number of nitrogens with zero attached hydrogens (tertiary/aromatic N) is 2. The number of nitrogens with one attached hydrogen (secondary N) is 1. The van der Waals surface area contributed by atoms with Crippen molar-refractivity contribution in [2.24, 2.45) is 5.92 Å². The molecule has 1 aromatic carbocycles. The first kappa shape index (κ1) is 13.2. The lowest BCUT2D eigenvalue weighted by Crippen LogP contribution is -2.50. The smallest absolute Gasteiger partial charge is 0.227 e. The minimum Gasteiger partial charge on any atom is -0.506 e. The minimum absolute atomic E-state index is 0.159. The number of hydrogen-bond donors (Lipinski definition) is 2. The molecule has 2 saturated heterocycles. The van der Waals surface area contributed by atoms with Crippen molar-refractivity contribution in [2.45, 2.75) is 6.42 Å². The molecule has 20 heavy (non-hydrogen) atoms. The molecule has 1 atom stereocenters. The van der Waals surface area contributed by atoms with Crippen LogP contribution in [-0.2, 0) is 4.79 Å². The Morgan fingerprint density at radius 1 is 1.20 bits per heavy atom. The first-order chi connectivity index (χ1) is 9.75. The summed E-state index contributed by atoms with van der Waals surface area (Å²) in [6.45, 7) is 4.81. The van der Waals surface area contributed by atoms with Crippen molar-refractivity contribution < 1.29 is 9.90 Å². The van der Waals surface area contributed by atoms with Crippen LogP contribution in [0.4, 0.5) is 5.69 Å². The highest BCUT2D eigenvalue weighted by atomic mass is 16.3. The molecule has 1 unspecified atom stereocenters. The van der Waals surface area contributed by atoms with Gasteiger partial charge in [0.25, 0.3) is 0 Å². The third kappa shape index (κ3) is 2.58. The van der Waals surface area contributed by atoms with E-state index in [1.807, 2.05) is 23.1 Å². The van der Waals surface area contributed by atoms with Gasteiger partial charge in [-0.3, -0.25) is 4.79 Å². The lowest BCUT2D eigenvalue weighted by atomic mass is 10.1. The zero-order chi connectivity index (χ0) is 13.9. The van der Waals surface area contributed by atoms with Crippen LogP contribution in [0.5, 0.6) is 5.75 Å². The summed E-state index contributed by atoms with van der Waals surface area (Å²) in [5.74, 6) is 0.755. The van der Waals surface area contributed by atoms with Crippen LogP contribution in [0.1, 0.15) is 6.42 Å². The maximum absolute atomic E-state index is 12.3. The summed E-state index contributed by atoms with van der Waals surface area (Å²) in [6, 6.07) is 7.38. The lowest BCUT2D eigenvalue weighted by Gasteiger charge is -2.37. The topological polar surface area (TPSA) is 55.8 Å². The van der Waals surface area contributed by atoms with E-state index in [1.165, 1.54) is 0 Å². The van der Waals surface area contributed by atoms with Gasteiger partial charge < -0.3 is 20.2 Å². The third-order valence-corrected chi connectivity index (χ3v) is 4.22. The third-order valence-electron chi connectivity index (χ3n) is 4.22. The number of anilines is 1. The van der Waals surface area contributed by atoms with Crippen LogP contribution in [0.25, 0.3) is 0 Å². The molecule has 1 amide bonds. The van der Waals surface area contributed by atoms with Crippen molar-refractivity contribution in [1.82, 2.24) is 10.2 Å². The van der Waals surface area contributed by atoms with Gasteiger partial charge in [0.15, 0.2) is 0 Å². The molecule has 0 spiro atoms. The number of piperazine rings is 1. The molecule has 5 nitrogen and oxygen atoms in total. The molecule has 2 aliphatic heterocycles. The van der Waals surface area contributed by atoms with Gasteiger partial charge in [0.05, 0.1) is 11.6 Å². The Morgan fingerprint density at radius 3 is 2.60 bits per heavy atom. The van der Waals surface area contributed by atoms with Crippen molar-refractivity contribution >= 4 is 11.6 Å². The van der Waals surface area contributed by atoms with Crippen molar-refractivity contribution in [1.29, 1.82) is 0 Å². The van der Waals surface area contributed by atoms with E-state index in [4.69, 9.17) is 0 Å². The quantitative estimate of drug-likeness (QED) is 0.832. The van der Waals surface area contributed by atoms with E-state index < -0.39 is 0 Å². The van der Waals surface area contributed by atoms with Crippen LogP contribution in [0.3, 0.4) is 0 Å². The number of phenols is 1. The molecule has 2 aliphatic rings. The van der Waals surface area contributed by atoms with E-state index in [2.05, 4.69) is 10.2 Å². The highest BCUT2D eigenvalue weighted by molar-refractivity contribution is 5.79. The summed E-state index contributed by atoms with van der Waals surface area (Å²) in [5.41, 5.74) is 0.863. The highest BCUT2D eigenvalue weighted by Crippen LogP contribution is 2.27. The van der Waals surface area contributed by atoms with Crippen LogP contribution in [-0.4, -0.2) is 55.2 Å². The van der Waals surface area contributed by atoms with Gasteiger partial charge in [0.1, 0.15) is 5.75 Å². The fourth-order valence-electron chi connectivity index (χ4n) is 3.02. The van der Waals surface area contributed by atoms with E-state index in [9.17, 15) is 9.90 Å². The largest absolute Gasteiger partial charge is 0.506 e. The van der Waals surface area contributed by atoms with E-state index in [-0.39, 0.29) is 11.8 Å². The van der Waals surface area contributed by atoms with Crippen LogP contribution in [0, 0.1) is 5.92 Å². The molecule has 3 rings (SSSR count). The molecule has 2 fully saturated rings. The van der Waals surface area contributed by atoms with Gasteiger partial charge in [-0.15, -0.1) is 0 Å². The Bertz CT molecular complexity index is 478. The maximum atomic E-state index is 12.3. The fourth-order valence-corrected chi connectivity index (χ4v) is 3.02. The van der Waals surface area contributed by atoms with E-state index in [1.54, 1.807) is 6.07 Å². The molecule has 5 heteroatoms. The molecule has 0 aromatic heterocycles. The predicted octanol–water partition coefficient (Wildman–Crippen LogP) is 0.650. The summed E-state index contributed by atoms with van der Waals surface area (Å²) in [5, 5.41) is 13.1.